The molecule has 0 saturated heterocycles. The lowest BCUT2D eigenvalue weighted by Gasteiger charge is -2.29. The van der Waals surface area contributed by atoms with Crippen LogP contribution in [0.15, 0.2) is 134 Å². The van der Waals surface area contributed by atoms with Crippen LogP contribution in [0.25, 0.3) is 91.0 Å². The summed E-state index contributed by atoms with van der Waals surface area (Å²) in [5.74, 6) is 1.66. The highest BCUT2D eigenvalue weighted by atomic mass is 15.2. The van der Waals surface area contributed by atoms with E-state index in [1.807, 2.05) is 0 Å². The third-order valence-electron chi connectivity index (χ3n) is 14.6. The van der Waals surface area contributed by atoms with Crippen molar-refractivity contribution in [3.63, 3.8) is 0 Å². The first-order valence-corrected chi connectivity index (χ1v) is 22.3. The Kier molecular flexibility index (Phi) is 7.53. The second-order valence-electron chi connectivity index (χ2n) is 18.2. The van der Waals surface area contributed by atoms with E-state index in [0.717, 1.165) is 66.3 Å². The summed E-state index contributed by atoms with van der Waals surface area (Å²) < 4.78 is 4.83. The molecule has 3 aromatic heterocycles. The first kappa shape index (κ1) is 35.0. The molecule has 0 radical (unpaired) electrons. The molecule has 294 valence electrons. The Bertz CT molecular complexity index is 3460. The Morgan fingerprint density at radius 3 is 2.28 bits per heavy atom. The largest absolute Gasteiger partial charge is 0.309 e. The van der Waals surface area contributed by atoms with Crippen LogP contribution in [0.2, 0.25) is 0 Å². The summed E-state index contributed by atoms with van der Waals surface area (Å²) in [6, 6.07) is 36.7. The fourth-order valence-electron chi connectivity index (χ4n) is 11.7. The molecule has 0 fully saturated rings. The number of benzene rings is 5. The van der Waals surface area contributed by atoms with Gasteiger partial charge in [0, 0.05) is 49.8 Å². The summed E-state index contributed by atoms with van der Waals surface area (Å²) in [6.07, 6.45) is 29.3. The highest BCUT2D eigenvalue weighted by molar-refractivity contribution is 6.13. The molecule has 0 bridgehead atoms. The third-order valence-corrected chi connectivity index (χ3v) is 14.6. The molecule has 5 aliphatic carbocycles. The zero-order chi connectivity index (χ0) is 40.4. The van der Waals surface area contributed by atoms with E-state index in [1.165, 1.54) is 83.1 Å². The van der Waals surface area contributed by atoms with Crippen molar-refractivity contribution >= 4 is 57.0 Å². The minimum absolute atomic E-state index is 0.0308. The maximum atomic E-state index is 5.57. The van der Waals surface area contributed by atoms with E-state index in [4.69, 9.17) is 9.97 Å². The quantitative estimate of drug-likeness (QED) is 0.178. The number of rotatable bonds is 4. The summed E-state index contributed by atoms with van der Waals surface area (Å²) in [5, 5.41) is 6.15. The number of allylic oxidation sites excluding steroid dienone is 6. The summed E-state index contributed by atoms with van der Waals surface area (Å²) in [6.45, 7) is 4.83. The number of hydrogen-bond donors (Lipinski definition) is 0. The van der Waals surface area contributed by atoms with Crippen LogP contribution in [0.1, 0.15) is 79.0 Å². The van der Waals surface area contributed by atoms with E-state index in [9.17, 15) is 0 Å². The van der Waals surface area contributed by atoms with Crippen molar-refractivity contribution in [2.45, 2.75) is 63.7 Å². The fourth-order valence-corrected chi connectivity index (χ4v) is 11.7. The monoisotopic (exact) mass is 786 g/mol. The van der Waals surface area contributed by atoms with E-state index in [-0.39, 0.29) is 5.41 Å². The van der Waals surface area contributed by atoms with Gasteiger partial charge in [0.1, 0.15) is 0 Å². The Morgan fingerprint density at radius 2 is 1.39 bits per heavy atom. The highest BCUT2D eigenvalue weighted by Gasteiger charge is 2.44. The van der Waals surface area contributed by atoms with Gasteiger partial charge in [-0.05, 0) is 132 Å². The van der Waals surface area contributed by atoms with Crippen LogP contribution >= 0.6 is 0 Å². The molecule has 13 rings (SSSR count). The molecule has 0 saturated carbocycles. The molecule has 2 unspecified atom stereocenters. The molecule has 61 heavy (non-hydrogen) atoms. The lowest BCUT2D eigenvalue weighted by atomic mass is 9.74. The number of aromatic nitrogens is 4. The molecule has 3 heterocycles. The van der Waals surface area contributed by atoms with Crippen LogP contribution < -0.4 is 10.6 Å². The van der Waals surface area contributed by atoms with E-state index in [1.54, 1.807) is 0 Å². The van der Waals surface area contributed by atoms with Crippen LogP contribution in [-0.2, 0) is 18.3 Å². The summed E-state index contributed by atoms with van der Waals surface area (Å²) in [4.78, 5) is 11.0. The van der Waals surface area contributed by atoms with Crippen LogP contribution in [0.3, 0.4) is 0 Å². The molecule has 0 amide bonds. The molecule has 2 atom stereocenters. The van der Waals surface area contributed by atoms with Gasteiger partial charge >= 0.3 is 0 Å². The Labute approximate surface area is 355 Å². The summed E-state index contributed by atoms with van der Waals surface area (Å²) >= 11 is 0. The van der Waals surface area contributed by atoms with E-state index < -0.39 is 0 Å². The number of nitrogens with zero attached hydrogens (tertiary/aromatic N) is 4. The zero-order valence-corrected chi connectivity index (χ0v) is 34.7. The average Bonchev–Trinajstić information content (AvgIpc) is 3.91. The van der Waals surface area contributed by atoms with Gasteiger partial charge in [-0.15, -0.1) is 0 Å². The predicted octanol–water partition coefficient (Wildman–Crippen LogP) is 12.2. The smallest absolute Gasteiger partial charge is 0.235 e. The van der Waals surface area contributed by atoms with Crippen molar-refractivity contribution in [3.8, 4) is 34.0 Å². The Balaban J connectivity index is 0.983. The van der Waals surface area contributed by atoms with Crippen LogP contribution in [0.5, 0.6) is 0 Å². The first-order chi connectivity index (χ1) is 30.0. The molecule has 5 aromatic carbocycles. The van der Waals surface area contributed by atoms with Crippen molar-refractivity contribution in [3.05, 3.63) is 178 Å². The molecule has 8 aromatic rings. The average molecular weight is 787 g/mol. The number of hydrogen-bond acceptors (Lipinski definition) is 2. The van der Waals surface area contributed by atoms with Crippen molar-refractivity contribution in [2.75, 3.05) is 0 Å². The highest BCUT2D eigenvalue weighted by Crippen LogP contribution is 2.53. The second-order valence-corrected chi connectivity index (χ2v) is 18.2. The molecule has 4 heteroatoms. The maximum Gasteiger partial charge on any atom is 0.235 e. The molecule has 0 N–H and O–H groups in total. The minimum Gasteiger partial charge on any atom is -0.309 e. The molecular formula is C57H46N4. The van der Waals surface area contributed by atoms with Crippen LogP contribution in [-0.4, -0.2) is 19.1 Å². The van der Waals surface area contributed by atoms with Crippen LogP contribution in [0, 0.1) is 5.92 Å². The predicted molar refractivity (Wildman–Crippen MR) is 254 cm³/mol. The SMILES string of the molecule is CC1(C)c2cc(-c3nc(-n4c5c(c6cc(-c7ccc8c(c7)c7c9c(ccc7n8-c7ccccc7)C=CCC9)ccc64)C=CCC5)nc4c3=CCCC=4)ccc2C2C=CC=CC21. The van der Waals surface area contributed by atoms with Crippen LogP contribution in [0.4, 0.5) is 0 Å². The van der Waals surface area contributed by atoms with Crippen molar-refractivity contribution in [1.29, 1.82) is 0 Å². The van der Waals surface area contributed by atoms with Crippen molar-refractivity contribution < 1.29 is 0 Å². The topological polar surface area (TPSA) is 35.6 Å². The van der Waals surface area contributed by atoms with Gasteiger partial charge in [0.2, 0.25) is 5.95 Å². The van der Waals surface area contributed by atoms with Gasteiger partial charge < -0.3 is 4.57 Å². The standard InChI is InChI=1S/C57H46N4/c1-57(2)47-21-11-8-18-41(47)42-28-24-38(34-48(42)57)55-44-20-9-12-22-49(44)58-56(59-55)61-50-23-13-10-19-43(50)45-32-36(26-29-51(45)61)37-27-30-52-46(33-37)54-40-17-7-6-14-35(40)25-31-53(54)60(52)39-15-4-3-5-16-39/h3-6,8,10-11,14-16,18-22,24-34,41,47H,7,9,12-13,17,23H2,1-2H3. The van der Waals surface area contributed by atoms with E-state index in [2.05, 4.69) is 181 Å². The van der Waals surface area contributed by atoms with Gasteiger partial charge in [0.05, 0.1) is 27.6 Å². The number of aryl methyl sites for hydroxylation is 1. The molecule has 0 spiro atoms. The summed E-state index contributed by atoms with van der Waals surface area (Å²) in [7, 11) is 0. The molecule has 5 aliphatic rings. The lowest BCUT2D eigenvalue weighted by Crippen LogP contribution is -2.35. The van der Waals surface area contributed by atoms with Crippen molar-refractivity contribution in [1.82, 2.24) is 19.1 Å². The zero-order valence-electron chi connectivity index (χ0n) is 34.7. The van der Waals surface area contributed by atoms with E-state index in [0.29, 0.717) is 11.8 Å². The van der Waals surface area contributed by atoms with Gasteiger partial charge in [0.25, 0.3) is 0 Å². The normalized spacial score (nSPS) is 19.0. The van der Waals surface area contributed by atoms with Gasteiger partial charge in [-0.2, -0.15) is 0 Å². The van der Waals surface area contributed by atoms with Gasteiger partial charge in [-0.3, -0.25) is 4.57 Å². The molecule has 0 aliphatic heterocycles. The van der Waals surface area contributed by atoms with Gasteiger partial charge in [0.15, 0.2) is 0 Å². The van der Waals surface area contributed by atoms with E-state index >= 15 is 0 Å². The van der Waals surface area contributed by atoms with Crippen molar-refractivity contribution in [2.24, 2.45) is 5.92 Å². The van der Waals surface area contributed by atoms with Gasteiger partial charge in [-0.25, -0.2) is 9.97 Å². The number of fused-ring (bicyclic) bond motifs is 12. The first-order valence-electron chi connectivity index (χ1n) is 22.3. The summed E-state index contributed by atoms with van der Waals surface area (Å²) in [5.41, 5.74) is 17.8. The fraction of sp³-hybridized carbons (Fsp3) is 0.193. The minimum atomic E-state index is 0.0308. The maximum absolute atomic E-state index is 5.57. The van der Waals surface area contributed by atoms with Gasteiger partial charge in [-0.1, -0.05) is 123 Å². The lowest BCUT2D eigenvalue weighted by molar-refractivity contribution is 0.394. The molecular weight excluding hydrogens is 741 g/mol. The number of para-hydroxylation sites is 1. The molecule has 4 nitrogen and oxygen atoms in total. The Hall–Kier alpha value is -6.78. The Morgan fingerprint density at radius 1 is 0.639 bits per heavy atom. The second kappa shape index (κ2) is 13.1. The third kappa shape index (κ3) is 5.11.